The van der Waals surface area contributed by atoms with Gasteiger partial charge in [0.25, 0.3) is 0 Å². The highest BCUT2D eigenvalue weighted by molar-refractivity contribution is 5.28. The van der Waals surface area contributed by atoms with Gasteiger partial charge in [-0.3, -0.25) is 4.90 Å². The molecule has 0 bridgehead atoms. The van der Waals surface area contributed by atoms with Gasteiger partial charge in [0, 0.05) is 25.7 Å². The number of aryl methyl sites for hydroxylation is 1. The SMILES string of the molecule is Cc1ccccc1C(C)N1CCOC(CN)C1. The third kappa shape index (κ3) is 2.86. The van der Waals surface area contributed by atoms with Gasteiger partial charge < -0.3 is 10.5 Å². The lowest BCUT2D eigenvalue weighted by atomic mass is 10.0. The van der Waals surface area contributed by atoms with Crippen molar-refractivity contribution in [3.63, 3.8) is 0 Å². The summed E-state index contributed by atoms with van der Waals surface area (Å²) in [6.07, 6.45) is 0.190. The maximum absolute atomic E-state index is 5.68. The summed E-state index contributed by atoms with van der Waals surface area (Å²) >= 11 is 0. The van der Waals surface area contributed by atoms with Gasteiger partial charge in [-0.25, -0.2) is 0 Å². The molecule has 3 heteroatoms. The minimum atomic E-state index is 0.190. The molecule has 1 aliphatic heterocycles. The maximum atomic E-state index is 5.68. The molecule has 3 nitrogen and oxygen atoms in total. The lowest BCUT2D eigenvalue weighted by molar-refractivity contribution is -0.0365. The Morgan fingerprint density at radius 3 is 2.94 bits per heavy atom. The van der Waals surface area contributed by atoms with E-state index in [2.05, 4.69) is 43.0 Å². The average Bonchev–Trinajstić information content (AvgIpc) is 2.38. The first kappa shape index (κ1) is 12.6. The van der Waals surface area contributed by atoms with Crippen LogP contribution in [0, 0.1) is 6.92 Å². The molecule has 1 heterocycles. The van der Waals surface area contributed by atoms with E-state index < -0.39 is 0 Å². The van der Waals surface area contributed by atoms with Crippen molar-refractivity contribution in [2.75, 3.05) is 26.2 Å². The predicted octanol–water partition coefficient (Wildman–Crippen LogP) is 1.72. The Kier molecular flexibility index (Phi) is 4.15. The van der Waals surface area contributed by atoms with E-state index in [1.54, 1.807) is 0 Å². The Bertz CT molecular complexity index is 367. The number of nitrogens with two attached hydrogens (primary N) is 1. The first-order valence-corrected chi connectivity index (χ1v) is 6.33. The maximum Gasteiger partial charge on any atom is 0.0824 e. The number of hydrogen-bond donors (Lipinski definition) is 1. The molecule has 1 aromatic rings. The van der Waals surface area contributed by atoms with Crippen LogP contribution < -0.4 is 5.73 Å². The second kappa shape index (κ2) is 5.63. The predicted molar refractivity (Wildman–Crippen MR) is 70.0 cm³/mol. The summed E-state index contributed by atoms with van der Waals surface area (Å²) in [5, 5.41) is 0. The number of hydrogen-bond acceptors (Lipinski definition) is 3. The third-order valence-corrected chi connectivity index (χ3v) is 3.62. The Balaban J connectivity index is 2.09. The molecule has 0 radical (unpaired) electrons. The molecule has 0 aromatic heterocycles. The Hall–Kier alpha value is -0.900. The number of benzene rings is 1. The molecule has 2 rings (SSSR count). The van der Waals surface area contributed by atoms with Crippen LogP contribution in [0.4, 0.5) is 0 Å². The Labute approximate surface area is 104 Å². The molecular weight excluding hydrogens is 212 g/mol. The molecule has 0 aliphatic carbocycles. The summed E-state index contributed by atoms with van der Waals surface area (Å²) in [5.74, 6) is 0. The topological polar surface area (TPSA) is 38.5 Å². The van der Waals surface area contributed by atoms with Crippen molar-refractivity contribution in [3.8, 4) is 0 Å². The molecular formula is C14H22N2O. The fourth-order valence-electron chi connectivity index (χ4n) is 2.49. The largest absolute Gasteiger partial charge is 0.374 e. The second-order valence-electron chi connectivity index (χ2n) is 4.76. The van der Waals surface area contributed by atoms with E-state index in [-0.39, 0.29) is 6.10 Å². The van der Waals surface area contributed by atoms with Crippen LogP contribution in [-0.2, 0) is 4.74 Å². The van der Waals surface area contributed by atoms with Crippen LogP contribution >= 0.6 is 0 Å². The third-order valence-electron chi connectivity index (χ3n) is 3.62. The molecule has 0 saturated carbocycles. The molecule has 0 amide bonds. The van der Waals surface area contributed by atoms with Crippen LogP contribution in [0.15, 0.2) is 24.3 Å². The zero-order chi connectivity index (χ0) is 12.3. The highest BCUT2D eigenvalue weighted by Crippen LogP contribution is 2.24. The summed E-state index contributed by atoms with van der Waals surface area (Å²) in [5.41, 5.74) is 8.45. The first-order valence-electron chi connectivity index (χ1n) is 6.33. The number of rotatable bonds is 3. The molecule has 2 atom stereocenters. The normalized spacial score (nSPS) is 23.6. The van der Waals surface area contributed by atoms with Gasteiger partial charge in [0.05, 0.1) is 12.7 Å². The second-order valence-corrected chi connectivity index (χ2v) is 4.76. The van der Waals surface area contributed by atoms with Crippen LogP contribution in [0.2, 0.25) is 0 Å². The van der Waals surface area contributed by atoms with E-state index in [0.29, 0.717) is 12.6 Å². The first-order chi connectivity index (χ1) is 8.22. The summed E-state index contributed by atoms with van der Waals surface area (Å²) in [6, 6.07) is 9.03. The van der Waals surface area contributed by atoms with E-state index in [1.807, 2.05) is 0 Å². The molecule has 94 valence electrons. The Morgan fingerprint density at radius 2 is 2.24 bits per heavy atom. The zero-order valence-electron chi connectivity index (χ0n) is 10.7. The van der Waals surface area contributed by atoms with Crippen molar-refractivity contribution in [1.29, 1.82) is 0 Å². The van der Waals surface area contributed by atoms with Gasteiger partial charge in [-0.2, -0.15) is 0 Å². The van der Waals surface area contributed by atoms with E-state index in [1.165, 1.54) is 11.1 Å². The van der Waals surface area contributed by atoms with Gasteiger partial charge in [-0.15, -0.1) is 0 Å². The molecule has 1 saturated heterocycles. The lowest BCUT2D eigenvalue weighted by Gasteiger charge is -2.37. The molecule has 1 aromatic carbocycles. The van der Waals surface area contributed by atoms with E-state index >= 15 is 0 Å². The van der Waals surface area contributed by atoms with Crippen LogP contribution in [0.3, 0.4) is 0 Å². The quantitative estimate of drug-likeness (QED) is 0.865. The average molecular weight is 234 g/mol. The van der Waals surface area contributed by atoms with Gasteiger partial charge in [-0.1, -0.05) is 24.3 Å². The van der Waals surface area contributed by atoms with Gasteiger partial charge >= 0.3 is 0 Å². The Morgan fingerprint density at radius 1 is 1.47 bits per heavy atom. The van der Waals surface area contributed by atoms with Crippen molar-refractivity contribution in [1.82, 2.24) is 4.90 Å². The van der Waals surface area contributed by atoms with Crippen molar-refractivity contribution in [2.24, 2.45) is 5.73 Å². The monoisotopic (exact) mass is 234 g/mol. The van der Waals surface area contributed by atoms with Gasteiger partial charge in [0.1, 0.15) is 0 Å². The number of ether oxygens (including phenoxy) is 1. The van der Waals surface area contributed by atoms with Gasteiger partial charge in [0.2, 0.25) is 0 Å². The van der Waals surface area contributed by atoms with Gasteiger partial charge in [-0.05, 0) is 25.0 Å². The van der Waals surface area contributed by atoms with E-state index in [9.17, 15) is 0 Å². The lowest BCUT2D eigenvalue weighted by Crippen LogP contribution is -2.46. The summed E-state index contributed by atoms with van der Waals surface area (Å²) < 4.78 is 5.61. The smallest absolute Gasteiger partial charge is 0.0824 e. The minimum Gasteiger partial charge on any atom is -0.374 e. The molecule has 17 heavy (non-hydrogen) atoms. The van der Waals surface area contributed by atoms with Crippen molar-refractivity contribution < 1.29 is 4.74 Å². The van der Waals surface area contributed by atoms with Crippen molar-refractivity contribution in [3.05, 3.63) is 35.4 Å². The van der Waals surface area contributed by atoms with Crippen LogP contribution in [0.25, 0.3) is 0 Å². The molecule has 2 unspecified atom stereocenters. The molecule has 0 spiro atoms. The molecule has 2 N–H and O–H groups in total. The van der Waals surface area contributed by atoms with Crippen molar-refractivity contribution in [2.45, 2.75) is 26.0 Å². The summed E-state index contributed by atoms with van der Waals surface area (Å²) in [6.45, 7) is 7.76. The molecule has 1 aliphatic rings. The molecule has 1 fully saturated rings. The standard InChI is InChI=1S/C14H22N2O/c1-11-5-3-4-6-14(11)12(2)16-7-8-17-13(9-15)10-16/h3-6,12-13H,7-10,15H2,1-2H3. The number of morpholine rings is 1. The van der Waals surface area contributed by atoms with Crippen LogP contribution in [-0.4, -0.2) is 37.2 Å². The minimum absolute atomic E-state index is 0.190. The highest BCUT2D eigenvalue weighted by Gasteiger charge is 2.24. The van der Waals surface area contributed by atoms with Crippen LogP contribution in [0.1, 0.15) is 24.1 Å². The van der Waals surface area contributed by atoms with E-state index in [4.69, 9.17) is 10.5 Å². The fourth-order valence-corrected chi connectivity index (χ4v) is 2.49. The van der Waals surface area contributed by atoms with Crippen molar-refractivity contribution >= 4 is 0 Å². The fraction of sp³-hybridized carbons (Fsp3) is 0.571. The zero-order valence-corrected chi connectivity index (χ0v) is 10.7. The summed E-state index contributed by atoms with van der Waals surface area (Å²) in [4.78, 5) is 2.46. The van der Waals surface area contributed by atoms with E-state index in [0.717, 1.165) is 19.7 Å². The van der Waals surface area contributed by atoms with Crippen LogP contribution in [0.5, 0.6) is 0 Å². The van der Waals surface area contributed by atoms with Gasteiger partial charge in [0.15, 0.2) is 0 Å². The summed E-state index contributed by atoms with van der Waals surface area (Å²) in [7, 11) is 0. The highest BCUT2D eigenvalue weighted by atomic mass is 16.5. The number of nitrogens with zero attached hydrogens (tertiary/aromatic N) is 1.